The molecule has 1 fully saturated rings. The maximum absolute atomic E-state index is 14.8. The van der Waals surface area contributed by atoms with E-state index < -0.39 is 94.4 Å². The van der Waals surface area contributed by atoms with E-state index in [9.17, 15) is 39.3 Å². The Morgan fingerprint density at radius 1 is 0.983 bits per heavy atom. The van der Waals surface area contributed by atoms with Gasteiger partial charge in [0.25, 0.3) is 11.7 Å². The van der Waals surface area contributed by atoms with Crippen LogP contribution in [0.1, 0.15) is 97.9 Å². The van der Waals surface area contributed by atoms with Crippen LogP contribution in [0, 0.1) is 30.6 Å². The van der Waals surface area contributed by atoms with E-state index in [1.165, 1.54) is 58.1 Å². The van der Waals surface area contributed by atoms with Gasteiger partial charge in [-0.15, -0.1) is 0 Å². The van der Waals surface area contributed by atoms with E-state index in [1.807, 2.05) is 0 Å². The number of ether oxygens (including phenoxy) is 5. The number of phenols is 1. The Balaban J connectivity index is 1.67. The summed E-state index contributed by atoms with van der Waals surface area (Å²) in [4.78, 5) is 71.2. The Morgan fingerprint density at radius 2 is 1.67 bits per heavy atom. The van der Waals surface area contributed by atoms with Crippen molar-refractivity contribution in [3.05, 3.63) is 69.8 Å². The number of amides is 1. The molecule has 1 amide bonds. The summed E-state index contributed by atoms with van der Waals surface area (Å²) < 4.78 is 29.3. The van der Waals surface area contributed by atoms with Crippen molar-refractivity contribution in [2.24, 2.45) is 23.7 Å². The van der Waals surface area contributed by atoms with E-state index in [1.54, 1.807) is 46.9 Å². The molecular weight excluding hydrogens is 752 g/mol. The molecule has 0 aromatic heterocycles. The number of benzene rings is 1. The quantitative estimate of drug-likeness (QED) is 0.310. The molecule has 0 saturated carbocycles. The molecule has 1 aliphatic carbocycles. The second-order valence-electron chi connectivity index (χ2n) is 16.0. The third-order valence-corrected chi connectivity index (χ3v) is 11.8. The number of methoxy groups -OCH3 is 1. The third kappa shape index (κ3) is 8.35. The lowest BCUT2D eigenvalue weighted by Gasteiger charge is -2.38. The number of rotatable bonds is 5. The number of carbonyl (C=O) groups is 5. The van der Waals surface area contributed by atoms with Gasteiger partial charge < -0.3 is 49.2 Å². The summed E-state index contributed by atoms with van der Waals surface area (Å²) in [7, 11) is 3.01. The molecule has 1 saturated heterocycles. The molecule has 0 radical (unpaired) electrons. The molecule has 5 aliphatic rings. The van der Waals surface area contributed by atoms with Crippen molar-refractivity contribution in [2.45, 2.75) is 105 Å². The molecule has 1 unspecified atom stereocenters. The average Bonchev–Trinajstić information content (AvgIpc) is 3.79. The summed E-state index contributed by atoms with van der Waals surface area (Å²) >= 11 is 0. The minimum atomic E-state index is -2.08. The summed E-state index contributed by atoms with van der Waals surface area (Å²) in [6.07, 6.45) is 4.67. The van der Waals surface area contributed by atoms with Crippen molar-refractivity contribution < 1.29 is 63.0 Å². The fraction of sp³-hybridized carbons (Fsp3) is 0.558. The largest absolute Gasteiger partial charge is 0.507 e. The first-order chi connectivity index (χ1) is 27.2. The lowest BCUT2D eigenvalue weighted by Crippen LogP contribution is -2.46. The highest BCUT2D eigenvalue weighted by Crippen LogP contribution is 2.49. The van der Waals surface area contributed by atoms with Crippen molar-refractivity contribution >= 4 is 29.2 Å². The number of fused-ring (bicyclic) bond motifs is 14. The number of Topliss-reactive ketones (excluding diaryl/α,β-unsaturated/α-hetero) is 3. The van der Waals surface area contributed by atoms with E-state index >= 15 is 0 Å². The fourth-order valence-corrected chi connectivity index (χ4v) is 8.23. The van der Waals surface area contributed by atoms with Crippen LogP contribution in [0.15, 0.2) is 47.5 Å². The van der Waals surface area contributed by atoms with Crippen molar-refractivity contribution in [3.8, 4) is 11.5 Å². The second kappa shape index (κ2) is 17.6. The van der Waals surface area contributed by atoms with Crippen LogP contribution < -0.4 is 10.1 Å². The zero-order valence-electron chi connectivity index (χ0n) is 34.8. The van der Waals surface area contributed by atoms with Gasteiger partial charge in [-0.1, -0.05) is 45.9 Å². The van der Waals surface area contributed by atoms with Crippen molar-refractivity contribution in [1.82, 2.24) is 10.2 Å². The number of esters is 1. The number of hydrogen-bond acceptors (Lipinski definition) is 14. The molecular formula is C43H56N2O13. The maximum atomic E-state index is 14.8. The molecule has 15 heteroatoms. The van der Waals surface area contributed by atoms with E-state index in [0.717, 1.165) is 6.42 Å². The Kier molecular flexibility index (Phi) is 13.4. The van der Waals surface area contributed by atoms with Crippen LogP contribution in [0.3, 0.4) is 0 Å². The van der Waals surface area contributed by atoms with Gasteiger partial charge in [0.05, 0.1) is 47.4 Å². The zero-order valence-corrected chi connectivity index (χ0v) is 34.8. The molecule has 1 aromatic carbocycles. The van der Waals surface area contributed by atoms with Crippen molar-refractivity contribution in [2.75, 3.05) is 27.3 Å². The molecule has 4 aliphatic heterocycles. The number of hydrogen-bond donors (Lipinski definition) is 4. The minimum Gasteiger partial charge on any atom is -0.507 e. The summed E-state index contributed by atoms with van der Waals surface area (Å²) in [6.45, 7) is 13.1. The number of aromatic hydroxyl groups is 1. The smallest absolute Gasteiger partial charge is 0.312 e. The standard InChI is InChI=1S/C43H56N2O13/c1-20-13-11-14-21(2)42(53)44-32-33(45(9)19-27-15-12-17-55-27)38(51)29-30(37(32)50)36(49)25(6)40-31(29)41(52)43(8,58-40)56-18-16-28(54-10)22(3)39(57-26(7)46)24(5)35(48)23(4)34(20)47/h11,13-14,16,18,20,22-24,27-28,34-35,39,47-49H,12,15,17,19H2,1-10H3,(H,44,53)/t20-,22+,23+,24-,27?,28-,34-,35-,39+,43-/m0/s1. The van der Waals surface area contributed by atoms with E-state index in [-0.39, 0.29) is 52.1 Å². The number of phenolic OH excluding ortho intramolecular Hbond substituents is 1. The number of nitrogens with zero attached hydrogens (tertiary/aromatic N) is 1. The number of aliphatic hydroxyl groups excluding tert-OH is 2. The first-order valence-corrected chi connectivity index (χ1v) is 19.6. The maximum Gasteiger partial charge on any atom is 0.312 e. The number of likely N-dealkylation sites (N-methyl/N-ethyl adjacent to an activating group) is 1. The highest BCUT2D eigenvalue weighted by atomic mass is 16.7. The van der Waals surface area contributed by atoms with Crippen LogP contribution >= 0.6 is 0 Å². The Labute approximate surface area is 338 Å². The predicted octanol–water partition coefficient (Wildman–Crippen LogP) is 4.07. The Hall–Kier alpha value is -4.83. The first-order valence-electron chi connectivity index (χ1n) is 19.6. The molecule has 1 aromatic rings. The van der Waals surface area contributed by atoms with Gasteiger partial charge in [-0.25, -0.2) is 0 Å². The van der Waals surface area contributed by atoms with Crippen LogP contribution in [-0.2, 0) is 28.5 Å². The molecule has 316 valence electrons. The summed E-state index contributed by atoms with van der Waals surface area (Å²) in [5, 5.41) is 37.0. The number of ketones is 3. The third-order valence-electron chi connectivity index (χ3n) is 11.8. The molecule has 5 bridgehead atoms. The topological polar surface area (TPSA) is 207 Å². The number of aliphatic hydroxyl groups is 2. The lowest BCUT2D eigenvalue weighted by atomic mass is 9.78. The summed E-state index contributed by atoms with van der Waals surface area (Å²) in [5.74, 6) is -9.17. The van der Waals surface area contributed by atoms with Crippen LogP contribution in [0.5, 0.6) is 11.5 Å². The molecule has 15 nitrogen and oxygen atoms in total. The second-order valence-corrected chi connectivity index (χ2v) is 16.0. The van der Waals surface area contributed by atoms with Gasteiger partial charge in [-0.3, -0.25) is 24.0 Å². The minimum absolute atomic E-state index is 0.00109. The van der Waals surface area contributed by atoms with Gasteiger partial charge in [-0.2, -0.15) is 0 Å². The van der Waals surface area contributed by atoms with Gasteiger partial charge in [0.1, 0.15) is 29.0 Å². The van der Waals surface area contributed by atoms with Crippen molar-refractivity contribution in [1.29, 1.82) is 0 Å². The van der Waals surface area contributed by atoms with E-state index in [2.05, 4.69) is 5.32 Å². The molecule has 6 rings (SSSR count). The zero-order chi connectivity index (χ0) is 43.0. The highest BCUT2D eigenvalue weighted by molar-refractivity contribution is 6.32. The van der Waals surface area contributed by atoms with Gasteiger partial charge in [-0.05, 0) is 32.8 Å². The lowest BCUT2D eigenvalue weighted by molar-refractivity contribution is -0.160. The number of nitrogens with one attached hydrogen (secondary N) is 1. The first kappa shape index (κ1) is 44.3. The van der Waals surface area contributed by atoms with Gasteiger partial charge >= 0.3 is 11.8 Å². The predicted molar refractivity (Wildman–Crippen MR) is 210 cm³/mol. The van der Waals surface area contributed by atoms with Crippen LogP contribution in [0.4, 0.5) is 0 Å². The highest BCUT2D eigenvalue weighted by Gasteiger charge is 2.53. The summed E-state index contributed by atoms with van der Waals surface area (Å²) in [6, 6.07) is 0. The van der Waals surface area contributed by atoms with Gasteiger partial charge in [0, 0.05) is 76.0 Å². The normalized spacial score (nSPS) is 32.1. The average molecular weight is 809 g/mol. The van der Waals surface area contributed by atoms with E-state index in [0.29, 0.717) is 13.0 Å². The molecule has 10 atom stereocenters. The monoisotopic (exact) mass is 808 g/mol. The fourth-order valence-electron chi connectivity index (χ4n) is 8.23. The number of carbonyl (C=O) groups excluding carboxylic acids is 5. The Bertz CT molecular complexity index is 1960. The van der Waals surface area contributed by atoms with Gasteiger partial charge in [0.2, 0.25) is 11.6 Å². The van der Waals surface area contributed by atoms with Crippen LogP contribution in [0.2, 0.25) is 0 Å². The van der Waals surface area contributed by atoms with Crippen LogP contribution in [-0.4, -0.2) is 113 Å². The summed E-state index contributed by atoms with van der Waals surface area (Å²) in [5.41, 5.74) is -1.56. The number of allylic oxidation sites excluding steroid dienone is 4. The molecule has 4 heterocycles. The molecule has 58 heavy (non-hydrogen) atoms. The SMILES string of the molecule is CO[C@H]1C=CO[C@@]2(C)Oc3c(C)c(O)c4c(c3C2=O)C(=O)C(N(C)CC2CCCO2)=C(NC(=O)C(C)=CC=C[C@H](C)[C@H](O)[C@@H](C)[C@H](O)[C@H](C)[C@H](OC(C)=O)[C@@H]1C)C4=O. The molecule has 0 spiro atoms. The molecule has 4 N–H and O–H groups in total. The van der Waals surface area contributed by atoms with E-state index in [4.69, 9.17) is 23.7 Å². The van der Waals surface area contributed by atoms with Crippen LogP contribution in [0.25, 0.3) is 0 Å². The van der Waals surface area contributed by atoms with Crippen molar-refractivity contribution in [3.63, 3.8) is 0 Å². The van der Waals surface area contributed by atoms with Gasteiger partial charge in [0.15, 0.2) is 0 Å². The Morgan fingerprint density at radius 3 is 2.29 bits per heavy atom.